The van der Waals surface area contributed by atoms with E-state index in [1.807, 2.05) is 7.05 Å². The number of likely N-dealkylation sites (tertiary alicyclic amines) is 1. The van der Waals surface area contributed by atoms with Crippen molar-refractivity contribution in [1.29, 1.82) is 0 Å². The van der Waals surface area contributed by atoms with Crippen molar-refractivity contribution in [3.05, 3.63) is 35.9 Å². The van der Waals surface area contributed by atoms with Crippen molar-refractivity contribution in [1.82, 2.24) is 10.2 Å². The molecule has 22 heavy (non-hydrogen) atoms. The SMILES string of the molecule is CN=C(NCCc1ccccc1)N1CCC2(CCCC2)C1.I. The quantitative estimate of drug-likeness (QED) is 0.465. The van der Waals surface area contributed by atoms with Crippen molar-refractivity contribution in [2.75, 3.05) is 26.7 Å². The van der Waals surface area contributed by atoms with E-state index in [2.05, 4.69) is 45.5 Å². The van der Waals surface area contributed by atoms with Crippen molar-refractivity contribution >= 4 is 29.9 Å². The summed E-state index contributed by atoms with van der Waals surface area (Å²) in [6.07, 6.45) is 8.10. The van der Waals surface area contributed by atoms with Gasteiger partial charge in [0.1, 0.15) is 0 Å². The van der Waals surface area contributed by atoms with E-state index in [1.165, 1.54) is 50.8 Å². The van der Waals surface area contributed by atoms with Crippen LogP contribution in [0, 0.1) is 5.41 Å². The lowest BCUT2D eigenvalue weighted by atomic mass is 9.86. The van der Waals surface area contributed by atoms with Crippen LogP contribution in [0.5, 0.6) is 0 Å². The number of aliphatic imine (C=N–C) groups is 1. The van der Waals surface area contributed by atoms with Gasteiger partial charge in [-0.25, -0.2) is 0 Å². The summed E-state index contributed by atoms with van der Waals surface area (Å²) in [4.78, 5) is 6.96. The Bertz CT molecular complexity index is 480. The molecule has 1 spiro atoms. The number of rotatable bonds is 3. The minimum absolute atomic E-state index is 0. The zero-order chi connectivity index (χ0) is 14.5. The molecule has 0 aromatic heterocycles. The summed E-state index contributed by atoms with van der Waals surface area (Å²) in [6.45, 7) is 3.34. The zero-order valence-electron chi connectivity index (χ0n) is 13.6. The molecule has 1 aliphatic heterocycles. The molecule has 122 valence electrons. The second kappa shape index (κ2) is 8.18. The normalized spacial score (nSPS) is 20.2. The first-order valence-corrected chi connectivity index (χ1v) is 8.31. The largest absolute Gasteiger partial charge is 0.356 e. The third-order valence-corrected chi connectivity index (χ3v) is 5.15. The summed E-state index contributed by atoms with van der Waals surface area (Å²) in [7, 11) is 1.91. The molecule has 1 aliphatic carbocycles. The number of hydrogen-bond donors (Lipinski definition) is 1. The van der Waals surface area contributed by atoms with Crippen LogP contribution in [0.15, 0.2) is 35.3 Å². The molecule has 2 aliphatic rings. The van der Waals surface area contributed by atoms with E-state index < -0.39 is 0 Å². The highest BCUT2D eigenvalue weighted by molar-refractivity contribution is 14.0. The second-order valence-corrected chi connectivity index (χ2v) is 6.59. The molecule has 3 nitrogen and oxygen atoms in total. The van der Waals surface area contributed by atoms with Crippen LogP contribution in [0.25, 0.3) is 0 Å². The van der Waals surface area contributed by atoms with E-state index >= 15 is 0 Å². The molecule has 3 rings (SSSR count). The fourth-order valence-electron chi connectivity index (χ4n) is 3.94. The van der Waals surface area contributed by atoms with Gasteiger partial charge in [0.15, 0.2) is 5.96 Å². The minimum Gasteiger partial charge on any atom is -0.356 e. The number of guanidine groups is 1. The number of halogens is 1. The summed E-state index contributed by atoms with van der Waals surface area (Å²) in [6, 6.07) is 10.7. The first-order valence-electron chi connectivity index (χ1n) is 8.31. The van der Waals surface area contributed by atoms with Crippen LogP contribution in [0.1, 0.15) is 37.7 Å². The van der Waals surface area contributed by atoms with Gasteiger partial charge in [0.05, 0.1) is 0 Å². The summed E-state index contributed by atoms with van der Waals surface area (Å²) in [5.41, 5.74) is 1.99. The van der Waals surface area contributed by atoms with Gasteiger partial charge in [-0.05, 0) is 36.7 Å². The Kier molecular flexibility index (Phi) is 6.53. The molecule has 0 bridgehead atoms. The standard InChI is InChI=1S/C18H27N3.HI/c1-19-17(20-13-9-16-7-3-2-4-8-16)21-14-12-18(15-21)10-5-6-11-18;/h2-4,7-8H,5-6,9-15H2,1H3,(H,19,20);1H. The molecule has 1 aromatic rings. The highest BCUT2D eigenvalue weighted by Gasteiger charge is 2.40. The van der Waals surface area contributed by atoms with Crippen LogP contribution in [-0.2, 0) is 6.42 Å². The molecule has 4 heteroatoms. The Morgan fingerprint density at radius 2 is 1.91 bits per heavy atom. The maximum Gasteiger partial charge on any atom is 0.193 e. The van der Waals surface area contributed by atoms with Crippen molar-refractivity contribution in [2.24, 2.45) is 10.4 Å². The van der Waals surface area contributed by atoms with Crippen LogP contribution in [0.2, 0.25) is 0 Å². The van der Waals surface area contributed by atoms with Crippen molar-refractivity contribution in [2.45, 2.75) is 38.5 Å². The fraction of sp³-hybridized carbons (Fsp3) is 0.611. The van der Waals surface area contributed by atoms with E-state index in [0.717, 1.165) is 18.9 Å². The third kappa shape index (κ3) is 4.15. The van der Waals surface area contributed by atoms with Gasteiger partial charge in [-0.3, -0.25) is 4.99 Å². The summed E-state index contributed by atoms with van der Waals surface area (Å²) >= 11 is 0. The minimum atomic E-state index is 0. The van der Waals surface area contributed by atoms with Gasteiger partial charge >= 0.3 is 0 Å². The number of nitrogens with one attached hydrogen (secondary N) is 1. The first-order chi connectivity index (χ1) is 10.3. The van der Waals surface area contributed by atoms with E-state index in [9.17, 15) is 0 Å². The third-order valence-electron chi connectivity index (χ3n) is 5.15. The molecule has 1 saturated heterocycles. The van der Waals surface area contributed by atoms with Crippen LogP contribution < -0.4 is 5.32 Å². The molecule has 1 saturated carbocycles. The predicted molar refractivity (Wildman–Crippen MR) is 104 cm³/mol. The lowest BCUT2D eigenvalue weighted by molar-refractivity contribution is 0.309. The smallest absolute Gasteiger partial charge is 0.193 e. The monoisotopic (exact) mass is 413 g/mol. The van der Waals surface area contributed by atoms with Gasteiger partial charge in [0, 0.05) is 26.7 Å². The van der Waals surface area contributed by atoms with E-state index in [4.69, 9.17) is 0 Å². The van der Waals surface area contributed by atoms with Gasteiger partial charge < -0.3 is 10.2 Å². The molecule has 1 aromatic carbocycles. The van der Waals surface area contributed by atoms with Crippen molar-refractivity contribution < 1.29 is 0 Å². The Balaban J connectivity index is 0.00000176. The lowest BCUT2D eigenvalue weighted by Crippen LogP contribution is -2.41. The maximum atomic E-state index is 4.49. The van der Waals surface area contributed by atoms with E-state index in [1.54, 1.807) is 0 Å². The van der Waals surface area contributed by atoms with Crippen LogP contribution in [0.4, 0.5) is 0 Å². The fourth-order valence-corrected chi connectivity index (χ4v) is 3.94. The molecular formula is C18H28IN3. The van der Waals surface area contributed by atoms with Crippen LogP contribution in [0.3, 0.4) is 0 Å². The Morgan fingerprint density at radius 1 is 1.18 bits per heavy atom. The number of hydrogen-bond acceptors (Lipinski definition) is 1. The first kappa shape index (κ1) is 17.6. The molecule has 0 unspecified atom stereocenters. The molecule has 1 heterocycles. The summed E-state index contributed by atoms with van der Waals surface area (Å²) in [5, 5.41) is 3.54. The van der Waals surface area contributed by atoms with Crippen molar-refractivity contribution in [3.8, 4) is 0 Å². The van der Waals surface area contributed by atoms with Crippen LogP contribution in [-0.4, -0.2) is 37.5 Å². The summed E-state index contributed by atoms with van der Waals surface area (Å²) in [5.74, 6) is 1.09. The molecular weight excluding hydrogens is 385 g/mol. The molecule has 0 atom stereocenters. The van der Waals surface area contributed by atoms with Crippen molar-refractivity contribution in [3.63, 3.8) is 0 Å². The van der Waals surface area contributed by atoms with Gasteiger partial charge in [-0.1, -0.05) is 43.2 Å². The van der Waals surface area contributed by atoms with Gasteiger partial charge in [-0.15, -0.1) is 24.0 Å². The van der Waals surface area contributed by atoms with Gasteiger partial charge in [-0.2, -0.15) is 0 Å². The summed E-state index contributed by atoms with van der Waals surface area (Å²) < 4.78 is 0. The number of nitrogens with zero attached hydrogens (tertiary/aromatic N) is 2. The second-order valence-electron chi connectivity index (χ2n) is 6.59. The Hall–Kier alpha value is -0.780. The van der Waals surface area contributed by atoms with Gasteiger partial charge in [0.25, 0.3) is 0 Å². The van der Waals surface area contributed by atoms with Crippen LogP contribution >= 0.6 is 24.0 Å². The molecule has 1 N–H and O–H groups in total. The topological polar surface area (TPSA) is 27.6 Å². The van der Waals surface area contributed by atoms with Gasteiger partial charge in [0.2, 0.25) is 0 Å². The molecule has 2 fully saturated rings. The van der Waals surface area contributed by atoms with E-state index in [0.29, 0.717) is 5.41 Å². The molecule has 0 radical (unpaired) electrons. The highest BCUT2D eigenvalue weighted by Crippen LogP contribution is 2.45. The average molecular weight is 413 g/mol. The Labute approximate surface area is 151 Å². The van der Waals surface area contributed by atoms with E-state index in [-0.39, 0.29) is 24.0 Å². The lowest BCUT2D eigenvalue weighted by Gasteiger charge is -2.25. The predicted octanol–water partition coefficient (Wildman–Crippen LogP) is 3.69. The zero-order valence-corrected chi connectivity index (χ0v) is 15.9. The molecule has 0 amide bonds. The maximum absolute atomic E-state index is 4.49. The number of benzene rings is 1. The average Bonchev–Trinajstić information content (AvgIpc) is 3.15. The Morgan fingerprint density at radius 3 is 2.59 bits per heavy atom. The highest BCUT2D eigenvalue weighted by atomic mass is 127.